The number of H-pyrrole nitrogens is 1. The van der Waals surface area contributed by atoms with Crippen molar-refractivity contribution in [2.45, 2.75) is 24.9 Å². The van der Waals surface area contributed by atoms with E-state index in [0.717, 1.165) is 16.5 Å². The van der Waals surface area contributed by atoms with E-state index in [2.05, 4.69) is 20.9 Å². The second-order valence-corrected chi connectivity index (χ2v) is 10.4. The van der Waals surface area contributed by atoms with Gasteiger partial charge in [0.2, 0.25) is 23.6 Å². The second-order valence-electron chi connectivity index (χ2n) is 10.4. The van der Waals surface area contributed by atoms with E-state index in [1.165, 1.54) is 11.8 Å². The van der Waals surface area contributed by atoms with Crippen LogP contribution in [0.5, 0.6) is 0 Å². The monoisotopic (exact) mass is 519 g/mol. The van der Waals surface area contributed by atoms with Gasteiger partial charge in [-0.15, -0.1) is 0 Å². The fraction of sp³-hybridized carbons (Fsp3) is 0.200. The fourth-order valence-corrected chi connectivity index (χ4v) is 6.62. The van der Waals surface area contributed by atoms with Crippen LogP contribution in [-0.2, 0) is 31.1 Å². The first-order chi connectivity index (χ1) is 18.9. The Morgan fingerprint density at radius 1 is 0.949 bits per heavy atom. The molecule has 0 aliphatic carbocycles. The minimum atomic E-state index is -1.37. The highest BCUT2D eigenvalue weighted by atomic mass is 16.2. The van der Waals surface area contributed by atoms with Crippen LogP contribution in [0.2, 0.25) is 0 Å². The number of rotatable bonds is 4. The van der Waals surface area contributed by atoms with Gasteiger partial charge in [-0.1, -0.05) is 36.4 Å². The summed E-state index contributed by atoms with van der Waals surface area (Å²) in [6.07, 6.45) is 2.38. The Hall–Kier alpha value is -4.76. The van der Waals surface area contributed by atoms with E-state index in [-0.39, 0.29) is 17.7 Å². The lowest BCUT2D eigenvalue weighted by atomic mass is 9.76. The van der Waals surface area contributed by atoms with Gasteiger partial charge >= 0.3 is 0 Å². The molecule has 0 bridgehead atoms. The number of aromatic amines is 1. The van der Waals surface area contributed by atoms with Gasteiger partial charge in [-0.05, 0) is 48.4 Å². The lowest BCUT2D eigenvalue weighted by molar-refractivity contribution is -0.130. The van der Waals surface area contributed by atoms with Crippen molar-refractivity contribution in [2.24, 2.45) is 11.8 Å². The smallest absolute Gasteiger partial charge is 0.250 e. The van der Waals surface area contributed by atoms with Gasteiger partial charge in [0.25, 0.3) is 0 Å². The predicted octanol–water partition coefficient (Wildman–Crippen LogP) is 3.29. The summed E-state index contributed by atoms with van der Waals surface area (Å²) in [5.74, 6) is -2.98. The second kappa shape index (κ2) is 8.37. The SMILES string of the molecule is CC(=O)Nc1ccc(N2C(=O)[C@@H]3[C@H](Cc4c[nH]c5ccccc45)N[C@]4(C(=O)Nc5ccccc54)[C@H]3C2=O)cc1. The summed E-state index contributed by atoms with van der Waals surface area (Å²) in [6, 6.07) is 21.4. The summed E-state index contributed by atoms with van der Waals surface area (Å²) in [4.78, 5) is 57.8. The van der Waals surface area contributed by atoms with Crippen LogP contribution in [0.25, 0.3) is 10.9 Å². The van der Waals surface area contributed by atoms with Gasteiger partial charge in [-0.2, -0.15) is 0 Å². The Kier molecular flexibility index (Phi) is 5.02. The molecular weight excluding hydrogens is 494 g/mol. The van der Waals surface area contributed by atoms with Crippen LogP contribution in [0.4, 0.5) is 17.1 Å². The largest absolute Gasteiger partial charge is 0.361 e. The van der Waals surface area contributed by atoms with Crippen LogP contribution in [-0.4, -0.2) is 34.7 Å². The first-order valence-electron chi connectivity index (χ1n) is 12.9. The van der Waals surface area contributed by atoms with Gasteiger partial charge < -0.3 is 15.6 Å². The molecule has 3 aliphatic heterocycles. The standard InChI is InChI=1S/C30H25N5O4/c1-16(36)32-18-10-12-19(13-11-18)35-27(37)25-24(14-17-15-31-22-8-4-2-6-20(17)22)34-30(26(25)28(35)38)21-7-3-5-9-23(21)33-29(30)39/h2-13,15,24-26,31,34H,14H2,1H3,(H,32,36)(H,33,39)/t24-,25+,26+,30-/m0/s1. The first kappa shape index (κ1) is 23.4. The van der Waals surface area contributed by atoms with E-state index in [4.69, 9.17) is 0 Å². The number of fused-ring (bicyclic) bond motifs is 5. The van der Waals surface area contributed by atoms with E-state index in [0.29, 0.717) is 29.0 Å². The summed E-state index contributed by atoms with van der Waals surface area (Å²) in [5.41, 5.74) is 2.90. The minimum absolute atomic E-state index is 0.218. The molecule has 3 aromatic carbocycles. The van der Waals surface area contributed by atoms with Crippen LogP contribution in [0.3, 0.4) is 0 Å². The normalized spacial score (nSPS) is 25.3. The molecule has 4 heterocycles. The highest BCUT2D eigenvalue weighted by molar-refractivity contribution is 6.26. The van der Waals surface area contributed by atoms with Crippen molar-refractivity contribution >= 4 is 51.6 Å². The Morgan fingerprint density at radius 3 is 2.49 bits per heavy atom. The van der Waals surface area contributed by atoms with Crippen molar-refractivity contribution in [1.29, 1.82) is 0 Å². The number of para-hydroxylation sites is 2. The van der Waals surface area contributed by atoms with Crippen molar-refractivity contribution in [1.82, 2.24) is 10.3 Å². The number of amides is 4. The van der Waals surface area contributed by atoms with Crippen molar-refractivity contribution < 1.29 is 19.2 Å². The average molecular weight is 520 g/mol. The Bertz CT molecular complexity index is 1690. The molecule has 2 saturated heterocycles. The van der Waals surface area contributed by atoms with Gasteiger partial charge in [-0.25, -0.2) is 4.90 Å². The van der Waals surface area contributed by atoms with Crippen molar-refractivity contribution in [2.75, 3.05) is 15.5 Å². The summed E-state index contributed by atoms with van der Waals surface area (Å²) >= 11 is 0. The van der Waals surface area contributed by atoms with Crippen molar-refractivity contribution in [3.8, 4) is 0 Å². The van der Waals surface area contributed by atoms with Gasteiger partial charge in [-0.3, -0.25) is 24.5 Å². The van der Waals surface area contributed by atoms with E-state index in [1.807, 2.05) is 54.7 Å². The third-order valence-electron chi connectivity index (χ3n) is 8.18. The molecule has 4 aromatic rings. The maximum Gasteiger partial charge on any atom is 0.250 e. The zero-order chi connectivity index (χ0) is 26.9. The summed E-state index contributed by atoms with van der Waals surface area (Å²) in [5, 5.41) is 10.2. The number of nitrogens with zero attached hydrogens (tertiary/aromatic N) is 1. The zero-order valence-electron chi connectivity index (χ0n) is 21.0. The van der Waals surface area contributed by atoms with Crippen LogP contribution < -0.4 is 20.9 Å². The Labute approximate surface area is 223 Å². The fourth-order valence-electron chi connectivity index (χ4n) is 6.62. The van der Waals surface area contributed by atoms with Crippen molar-refractivity contribution in [3.63, 3.8) is 0 Å². The van der Waals surface area contributed by atoms with Crippen LogP contribution >= 0.6 is 0 Å². The van der Waals surface area contributed by atoms with Gasteiger partial charge in [0.05, 0.1) is 17.5 Å². The molecule has 3 aliphatic rings. The summed E-state index contributed by atoms with van der Waals surface area (Å²) in [7, 11) is 0. The molecule has 4 amide bonds. The molecule has 1 aromatic heterocycles. The maximum absolute atomic E-state index is 14.1. The van der Waals surface area contributed by atoms with E-state index >= 15 is 0 Å². The number of aromatic nitrogens is 1. The van der Waals surface area contributed by atoms with Gasteiger partial charge in [0.15, 0.2) is 0 Å². The third-order valence-corrected chi connectivity index (χ3v) is 8.18. The minimum Gasteiger partial charge on any atom is -0.361 e. The molecule has 2 fully saturated rings. The number of hydrogen-bond acceptors (Lipinski definition) is 5. The molecule has 9 heteroatoms. The van der Waals surface area contributed by atoms with E-state index in [1.54, 1.807) is 24.3 Å². The zero-order valence-corrected chi connectivity index (χ0v) is 21.0. The number of carbonyl (C=O) groups excluding carboxylic acids is 4. The summed E-state index contributed by atoms with van der Waals surface area (Å²) < 4.78 is 0. The van der Waals surface area contributed by atoms with E-state index in [9.17, 15) is 19.2 Å². The Morgan fingerprint density at radius 2 is 1.69 bits per heavy atom. The van der Waals surface area contributed by atoms with Crippen LogP contribution in [0.15, 0.2) is 79.0 Å². The highest BCUT2D eigenvalue weighted by Crippen LogP contribution is 2.54. The number of anilines is 3. The number of imide groups is 1. The number of benzene rings is 3. The number of nitrogens with one attached hydrogen (secondary N) is 4. The molecule has 7 rings (SSSR count). The third kappa shape index (κ3) is 3.29. The quantitative estimate of drug-likeness (QED) is 0.308. The van der Waals surface area contributed by atoms with Crippen molar-refractivity contribution in [3.05, 3.63) is 90.1 Å². The highest BCUT2D eigenvalue weighted by Gasteiger charge is 2.70. The lowest BCUT2D eigenvalue weighted by Gasteiger charge is -2.29. The molecule has 9 nitrogen and oxygen atoms in total. The lowest BCUT2D eigenvalue weighted by Crippen LogP contribution is -2.53. The molecule has 39 heavy (non-hydrogen) atoms. The number of carbonyl (C=O) groups is 4. The number of hydrogen-bond donors (Lipinski definition) is 4. The molecule has 4 N–H and O–H groups in total. The molecule has 4 atom stereocenters. The van der Waals surface area contributed by atoms with E-state index < -0.39 is 29.3 Å². The molecule has 194 valence electrons. The van der Waals surface area contributed by atoms with Crippen LogP contribution in [0.1, 0.15) is 18.1 Å². The Balaban J connectivity index is 1.33. The molecule has 0 radical (unpaired) electrons. The van der Waals surface area contributed by atoms with Gasteiger partial charge in [0.1, 0.15) is 5.54 Å². The summed E-state index contributed by atoms with van der Waals surface area (Å²) in [6.45, 7) is 1.41. The molecular formula is C30H25N5O4. The average Bonchev–Trinajstić information content (AvgIpc) is 3.63. The topological polar surface area (TPSA) is 123 Å². The maximum atomic E-state index is 14.1. The van der Waals surface area contributed by atoms with Gasteiger partial charge in [0, 0.05) is 47.0 Å². The molecule has 0 unspecified atom stereocenters. The van der Waals surface area contributed by atoms with Crippen LogP contribution in [0, 0.1) is 11.8 Å². The molecule has 1 spiro atoms. The predicted molar refractivity (Wildman–Crippen MR) is 146 cm³/mol. The first-order valence-corrected chi connectivity index (χ1v) is 12.9. The molecule has 0 saturated carbocycles.